The predicted octanol–water partition coefficient (Wildman–Crippen LogP) is 1.52. The van der Waals surface area contributed by atoms with Gasteiger partial charge in [-0.3, -0.25) is 14.5 Å². The van der Waals surface area contributed by atoms with Crippen molar-refractivity contribution in [3.63, 3.8) is 0 Å². The maximum atomic E-state index is 12.3. The van der Waals surface area contributed by atoms with Crippen LogP contribution in [0.5, 0.6) is 0 Å². The summed E-state index contributed by atoms with van der Waals surface area (Å²) in [5.74, 6) is -0.789. The Balaban J connectivity index is 2.22. The summed E-state index contributed by atoms with van der Waals surface area (Å²) in [6.07, 6.45) is 0.721. The van der Waals surface area contributed by atoms with Gasteiger partial charge in [0.2, 0.25) is 0 Å². The molecule has 0 saturated carbocycles. The van der Waals surface area contributed by atoms with Crippen LogP contribution in [0.3, 0.4) is 0 Å². The molecular weight excluding hydrogens is 262 g/mol. The summed E-state index contributed by atoms with van der Waals surface area (Å²) in [7, 11) is 1.32. The van der Waals surface area contributed by atoms with E-state index in [9.17, 15) is 14.4 Å². The van der Waals surface area contributed by atoms with E-state index in [1.807, 2.05) is 0 Å². The van der Waals surface area contributed by atoms with E-state index >= 15 is 0 Å². The maximum Gasteiger partial charge on any atom is 0.411 e. The van der Waals surface area contributed by atoms with Crippen LogP contribution < -0.4 is 0 Å². The highest BCUT2D eigenvalue weighted by molar-refractivity contribution is 5.91. The van der Waals surface area contributed by atoms with Crippen molar-refractivity contribution in [2.24, 2.45) is 5.92 Å². The zero-order valence-corrected chi connectivity index (χ0v) is 12.3. The zero-order chi connectivity index (χ0) is 15.1. The first kappa shape index (κ1) is 14.8. The number of nitrogens with zero attached hydrogens (tertiary/aromatic N) is 1. The van der Waals surface area contributed by atoms with Crippen molar-refractivity contribution in [2.45, 2.75) is 57.7 Å². The summed E-state index contributed by atoms with van der Waals surface area (Å²) in [6.45, 7) is 5.32. The monoisotopic (exact) mass is 283 g/mol. The maximum absolute atomic E-state index is 12.3. The number of carbonyl (C=O) groups is 3. The van der Waals surface area contributed by atoms with E-state index in [1.165, 1.54) is 12.0 Å². The Morgan fingerprint density at radius 3 is 2.50 bits per heavy atom. The van der Waals surface area contributed by atoms with Crippen LogP contribution in [0.15, 0.2) is 0 Å². The molecule has 112 valence electrons. The Morgan fingerprint density at radius 2 is 1.95 bits per heavy atom. The van der Waals surface area contributed by atoms with E-state index in [-0.39, 0.29) is 17.8 Å². The van der Waals surface area contributed by atoms with E-state index in [0.29, 0.717) is 19.3 Å². The van der Waals surface area contributed by atoms with Crippen LogP contribution in [-0.2, 0) is 19.1 Å². The minimum Gasteiger partial charge on any atom is -0.469 e. The summed E-state index contributed by atoms with van der Waals surface area (Å²) >= 11 is 0. The number of amides is 1. The highest BCUT2D eigenvalue weighted by Gasteiger charge is 2.53. The number of rotatable bonds is 1. The van der Waals surface area contributed by atoms with Gasteiger partial charge in [-0.2, -0.15) is 0 Å². The van der Waals surface area contributed by atoms with Gasteiger partial charge in [0.25, 0.3) is 0 Å². The van der Waals surface area contributed by atoms with Gasteiger partial charge in [0.1, 0.15) is 5.60 Å². The van der Waals surface area contributed by atoms with Gasteiger partial charge in [0, 0.05) is 12.5 Å². The first-order chi connectivity index (χ1) is 9.24. The standard InChI is InChI=1S/C14H21NO5/c1-14(2,3)20-13(18)15-9-5-6-11(16)10(15)7-8(9)12(17)19-4/h8-10H,5-7H2,1-4H3/t8-,9-,10-/m0/s1. The third-order valence-electron chi connectivity index (χ3n) is 3.80. The van der Waals surface area contributed by atoms with Crippen LogP contribution in [0.25, 0.3) is 0 Å². The molecule has 2 rings (SSSR count). The van der Waals surface area contributed by atoms with Crippen LogP contribution in [-0.4, -0.2) is 47.5 Å². The number of hydrogen-bond acceptors (Lipinski definition) is 5. The lowest BCUT2D eigenvalue weighted by Crippen LogP contribution is -2.51. The quantitative estimate of drug-likeness (QED) is 0.682. The van der Waals surface area contributed by atoms with Crippen molar-refractivity contribution in [3.8, 4) is 0 Å². The second kappa shape index (κ2) is 5.07. The highest BCUT2D eigenvalue weighted by Crippen LogP contribution is 2.39. The average molecular weight is 283 g/mol. The van der Waals surface area contributed by atoms with Crippen molar-refractivity contribution < 1.29 is 23.9 Å². The number of methoxy groups -OCH3 is 1. The van der Waals surface area contributed by atoms with E-state index in [1.54, 1.807) is 20.8 Å². The number of hydrogen-bond donors (Lipinski definition) is 0. The number of ether oxygens (including phenoxy) is 2. The highest BCUT2D eigenvalue weighted by atomic mass is 16.6. The Hall–Kier alpha value is -1.59. The second-order valence-electron chi connectivity index (χ2n) is 6.34. The van der Waals surface area contributed by atoms with Gasteiger partial charge >= 0.3 is 12.1 Å². The van der Waals surface area contributed by atoms with E-state index < -0.39 is 23.7 Å². The molecule has 0 spiro atoms. The molecule has 2 saturated heterocycles. The molecule has 2 fully saturated rings. The normalized spacial score (nSPS) is 29.3. The fraction of sp³-hybridized carbons (Fsp3) is 0.786. The van der Waals surface area contributed by atoms with Gasteiger partial charge < -0.3 is 9.47 Å². The number of ketones is 1. The predicted molar refractivity (Wildman–Crippen MR) is 70.0 cm³/mol. The second-order valence-corrected chi connectivity index (χ2v) is 6.34. The number of carbonyl (C=O) groups excluding carboxylic acids is 3. The van der Waals surface area contributed by atoms with E-state index in [4.69, 9.17) is 9.47 Å². The molecule has 6 nitrogen and oxygen atoms in total. The molecule has 2 heterocycles. The van der Waals surface area contributed by atoms with Crippen molar-refractivity contribution >= 4 is 17.8 Å². The van der Waals surface area contributed by atoms with Crippen molar-refractivity contribution in [3.05, 3.63) is 0 Å². The number of esters is 1. The van der Waals surface area contributed by atoms with Crippen molar-refractivity contribution in [1.29, 1.82) is 0 Å². The lowest BCUT2D eigenvalue weighted by atomic mass is 9.98. The first-order valence-corrected chi connectivity index (χ1v) is 6.86. The van der Waals surface area contributed by atoms with Crippen LogP contribution >= 0.6 is 0 Å². The molecule has 1 amide bonds. The molecule has 2 aliphatic heterocycles. The average Bonchev–Trinajstić information content (AvgIpc) is 2.64. The molecule has 2 aliphatic rings. The van der Waals surface area contributed by atoms with Crippen LogP contribution in [0, 0.1) is 5.92 Å². The Bertz CT molecular complexity index is 439. The van der Waals surface area contributed by atoms with E-state index in [0.717, 1.165) is 0 Å². The summed E-state index contributed by atoms with van der Waals surface area (Å²) in [4.78, 5) is 37.5. The third-order valence-corrected chi connectivity index (χ3v) is 3.80. The van der Waals surface area contributed by atoms with Crippen molar-refractivity contribution in [1.82, 2.24) is 4.90 Å². The first-order valence-electron chi connectivity index (χ1n) is 6.86. The minimum atomic E-state index is -0.627. The zero-order valence-electron chi connectivity index (χ0n) is 12.3. The molecule has 3 atom stereocenters. The molecule has 20 heavy (non-hydrogen) atoms. The van der Waals surface area contributed by atoms with Gasteiger partial charge in [-0.25, -0.2) is 4.79 Å². The minimum absolute atomic E-state index is 0.00138. The van der Waals surface area contributed by atoms with Gasteiger partial charge in [0.05, 0.1) is 19.1 Å². The van der Waals surface area contributed by atoms with Crippen LogP contribution in [0.1, 0.15) is 40.0 Å². The third kappa shape index (κ3) is 2.64. The molecular formula is C14H21NO5. The molecule has 2 bridgehead atoms. The molecule has 0 radical (unpaired) electrons. The van der Waals surface area contributed by atoms with Crippen LogP contribution in [0.4, 0.5) is 4.79 Å². The summed E-state index contributed by atoms with van der Waals surface area (Å²) < 4.78 is 10.1. The lowest BCUT2D eigenvalue weighted by Gasteiger charge is -2.35. The van der Waals surface area contributed by atoms with Gasteiger partial charge in [-0.05, 0) is 33.6 Å². The molecule has 0 aromatic heterocycles. The van der Waals surface area contributed by atoms with Gasteiger partial charge in [-0.1, -0.05) is 0 Å². The van der Waals surface area contributed by atoms with Crippen LogP contribution in [0.2, 0.25) is 0 Å². The fourth-order valence-electron chi connectivity index (χ4n) is 3.00. The fourth-order valence-corrected chi connectivity index (χ4v) is 3.00. The topological polar surface area (TPSA) is 72.9 Å². The number of fused-ring (bicyclic) bond motifs is 2. The smallest absolute Gasteiger partial charge is 0.411 e. The Labute approximate surface area is 118 Å². The summed E-state index contributed by atoms with van der Waals surface area (Å²) in [5, 5.41) is 0. The SMILES string of the molecule is COC(=O)[C@H]1C[C@H]2C(=O)CC[C@@H]1N2C(=O)OC(C)(C)C. The molecule has 0 aromatic rings. The molecule has 6 heteroatoms. The summed E-state index contributed by atoms with van der Waals surface area (Å²) in [6, 6.07) is -0.840. The van der Waals surface area contributed by atoms with Gasteiger partial charge in [-0.15, -0.1) is 0 Å². The molecule has 0 aliphatic carbocycles. The molecule has 0 aromatic carbocycles. The van der Waals surface area contributed by atoms with Crippen molar-refractivity contribution in [2.75, 3.05) is 7.11 Å². The largest absolute Gasteiger partial charge is 0.469 e. The molecule has 0 N–H and O–H groups in total. The number of Topliss-reactive ketones (excluding diaryl/α,β-unsaturated/α-hetero) is 1. The number of piperidine rings is 1. The lowest BCUT2D eigenvalue weighted by molar-refractivity contribution is -0.146. The Morgan fingerprint density at radius 1 is 1.30 bits per heavy atom. The Kier molecular flexibility index (Phi) is 3.75. The van der Waals surface area contributed by atoms with E-state index in [2.05, 4.69) is 0 Å². The van der Waals surface area contributed by atoms with Gasteiger partial charge in [0.15, 0.2) is 5.78 Å². The molecule has 0 unspecified atom stereocenters. The summed E-state index contributed by atoms with van der Waals surface area (Å²) in [5.41, 5.74) is -0.627.